The largest absolute Gasteiger partial charge is 0.338 e. The molecule has 0 spiro atoms. The van der Waals surface area contributed by atoms with Crippen LogP contribution in [0.15, 0.2) is 60.7 Å². The van der Waals surface area contributed by atoms with Gasteiger partial charge in [-0.15, -0.1) is 0 Å². The summed E-state index contributed by atoms with van der Waals surface area (Å²) in [6, 6.07) is 23.7. The third kappa shape index (κ3) is 3.66. The van der Waals surface area contributed by atoms with Crippen molar-refractivity contribution in [2.45, 2.75) is 65.8 Å². The van der Waals surface area contributed by atoms with Gasteiger partial charge in [0.2, 0.25) is 5.69 Å². The second kappa shape index (κ2) is 8.52. The highest BCUT2D eigenvalue weighted by Crippen LogP contribution is 2.38. The summed E-state index contributed by atoms with van der Waals surface area (Å²) >= 11 is 0. The van der Waals surface area contributed by atoms with Crippen LogP contribution in [0.4, 0.5) is 0 Å². The van der Waals surface area contributed by atoms with Gasteiger partial charge in [-0.2, -0.15) is 4.57 Å². The van der Waals surface area contributed by atoms with Gasteiger partial charge in [0, 0.05) is 35.3 Å². The lowest BCUT2D eigenvalue weighted by atomic mass is 9.93. The first-order chi connectivity index (χ1) is 16.9. The first-order valence-corrected chi connectivity index (χ1v) is 13.4. The molecule has 2 heteroatoms. The molecule has 0 atom stereocenters. The number of fused-ring (bicyclic) bond motifs is 4. The highest BCUT2D eigenvalue weighted by Gasteiger charge is 2.23. The zero-order valence-electron chi connectivity index (χ0n) is 21.9. The molecule has 1 aliphatic carbocycles. The monoisotopic (exact) mass is 461 g/mol. The van der Waals surface area contributed by atoms with Crippen molar-refractivity contribution < 1.29 is 4.57 Å². The number of hydrogen-bond acceptors (Lipinski definition) is 0. The topological polar surface area (TPSA) is 8.81 Å². The molecule has 0 bridgehead atoms. The number of benzene rings is 3. The molecule has 0 amide bonds. The number of para-hydroxylation sites is 1. The van der Waals surface area contributed by atoms with E-state index in [-0.39, 0.29) is 0 Å². The van der Waals surface area contributed by atoms with Crippen LogP contribution in [0.5, 0.6) is 0 Å². The molecule has 35 heavy (non-hydrogen) atoms. The van der Waals surface area contributed by atoms with Crippen LogP contribution >= 0.6 is 0 Å². The molecule has 0 unspecified atom stereocenters. The predicted molar refractivity (Wildman–Crippen MR) is 149 cm³/mol. The summed E-state index contributed by atoms with van der Waals surface area (Å²) in [4.78, 5) is 0. The van der Waals surface area contributed by atoms with Gasteiger partial charge >= 0.3 is 0 Å². The van der Waals surface area contributed by atoms with Crippen molar-refractivity contribution in [1.82, 2.24) is 4.57 Å². The van der Waals surface area contributed by atoms with Crippen molar-refractivity contribution in [1.29, 1.82) is 0 Å². The Bertz CT molecular complexity index is 1580. The Morgan fingerprint density at radius 1 is 0.857 bits per heavy atom. The number of hydrogen-bond donors (Lipinski definition) is 0. The van der Waals surface area contributed by atoms with Crippen LogP contribution in [0.1, 0.15) is 62.4 Å². The number of aryl methyl sites for hydroxylation is 2. The Hall–Kier alpha value is -3.13. The van der Waals surface area contributed by atoms with E-state index in [2.05, 4.69) is 105 Å². The van der Waals surface area contributed by atoms with Gasteiger partial charge in [0.15, 0.2) is 5.69 Å². The Kier molecular flexibility index (Phi) is 5.44. The van der Waals surface area contributed by atoms with E-state index in [0.717, 1.165) is 5.92 Å². The second-order valence-electron chi connectivity index (χ2n) is 11.1. The number of pyridine rings is 1. The summed E-state index contributed by atoms with van der Waals surface area (Å²) in [5, 5.41) is 5.42. The highest BCUT2D eigenvalue weighted by molar-refractivity contribution is 6.10. The summed E-state index contributed by atoms with van der Waals surface area (Å²) in [5.74, 6) is 0.871. The smallest absolute Gasteiger partial charge is 0.220 e. The molecular formula is C33H37N2+. The molecule has 6 rings (SSSR count). The third-order valence-electron chi connectivity index (χ3n) is 8.43. The van der Waals surface area contributed by atoms with Crippen LogP contribution in [0.2, 0.25) is 0 Å². The van der Waals surface area contributed by atoms with Crippen LogP contribution in [-0.4, -0.2) is 4.57 Å². The van der Waals surface area contributed by atoms with Gasteiger partial charge < -0.3 is 4.57 Å². The minimum atomic E-state index is 0.397. The van der Waals surface area contributed by atoms with E-state index >= 15 is 0 Å². The van der Waals surface area contributed by atoms with Crippen molar-refractivity contribution >= 4 is 32.6 Å². The summed E-state index contributed by atoms with van der Waals surface area (Å²) < 4.78 is 4.89. The van der Waals surface area contributed by atoms with E-state index in [9.17, 15) is 0 Å². The average Bonchev–Trinajstić information content (AvgIpc) is 3.45. The molecule has 1 fully saturated rings. The standard InChI is InChI=1S/C33H37N2/c1-21(2)35-31-13-9-8-12-28(31)30-16-22(3)29(20-32(30)35)33-27-15-14-25(18-24-10-6-7-11-24)19-26(27)17-23(4)34(33)5/h8-9,12-17,19-21,24H,6-7,10-11,18H2,1-5H3/q+1. The van der Waals surface area contributed by atoms with Crippen molar-refractivity contribution in [3.05, 3.63) is 77.5 Å². The molecule has 0 N–H and O–H groups in total. The molecule has 0 saturated heterocycles. The lowest BCUT2D eigenvalue weighted by molar-refractivity contribution is -0.665. The zero-order valence-corrected chi connectivity index (χ0v) is 21.9. The van der Waals surface area contributed by atoms with E-state index in [1.165, 1.54) is 92.8 Å². The van der Waals surface area contributed by atoms with Gasteiger partial charge in [-0.25, -0.2) is 0 Å². The van der Waals surface area contributed by atoms with E-state index in [4.69, 9.17) is 0 Å². The predicted octanol–water partition coefficient (Wildman–Crippen LogP) is 8.37. The fourth-order valence-electron chi connectivity index (χ4n) is 6.59. The Morgan fingerprint density at radius 2 is 1.63 bits per heavy atom. The van der Waals surface area contributed by atoms with E-state index in [0.29, 0.717) is 6.04 Å². The van der Waals surface area contributed by atoms with Crippen molar-refractivity contribution in [2.24, 2.45) is 13.0 Å². The van der Waals surface area contributed by atoms with Gasteiger partial charge in [0.05, 0.1) is 16.5 Å². The summed E-state index contributed by atoms with van der Waals surface area (Å²) in [7, 11) is 2.22. The van der Waals surface area contributed by atoms with Gasteiger partial charge in [-0.1, -0.05) is 56.0 Å². The maximum atomic E-state index is 2.51. The Labute approximate surface area is 209 Å². The van der Waals surface area contributed by atoms with Gasteiger partial charge in [0.1, 0.15) is 7.05 Å². The lowest BCUT2D eigenvalue weighted by Crippen LogP contribution is -2.35. The Balaban J connectivity index is 1.58. The van der Waals surface area contributed by atoms with Gasteiger partial charge in [-0.3, -0.25) is 0 Å². The fraction of sp³-hybridized carbons (Fsp3) is 0.364. The molecule has 0 radical (unpaired) electrons. The van der Waals surface area contributed by atoms with Crippen molar-refractivity contribution in [3.8, 4) is 11.3 Å². The average molecular weight is 462 g/mol. The van der Waals surface area contributed by atoms with Crippen LogP contribution in [-0.2, 0) is 13.5 Å². The quantitative estimate of drug-likeness (QED) is 0.238. The van der Waals surface area contributed by atoms with E-state index < -0.39 is 0 Å². The number of aromatic nitrogens is 2. The normalized spacial score (nSPS) is 14.8. The molecule has 1 saturated carbocycles. The van der Waals surface area contributed by atoms with Crippen molar-refractivity contribution in [2.75, 3.05) is 0 Å². The molecule has 2 nitrogen and oxygen atoms in total. The molecule has 2 aromatic heterocycles. The highest BCUT2D eigenvalue weighted by atomic mass is 15.0. The number of rotatable bonds is 4. The van der Waals surface area contributed by atoms with E-state index in [1.54, 1.807) is 0 Å². The molecule has 2 heterocycles. The maximum absolute atomic E-state index is 2.51. The first-order valence-electron chi connectivity index (χ1n) is 13.4. The summed E-state index contributed by atoms with van der Waals surface area (Å²) in [6.45, 7) is 9.10. The molecular weight excluding hydrogens is 424 g/mol. The molecule has 3 aromatic carbocycles. The third-order valence-corrected chi connectivity index (χ3v) is 8.43. The van der Waals surface area contributed by atoms with Crippen molar-refractivity contribution in [3.63, 3.8) is 0 Å². The maximum Gasteiger partial charge on any atom is 0.220 e. The molecule has 178 valence electrons. The summed E-state index contributed by atoms with van der Waals surface area (Å²) in [5.41, 5.74) is 9.44. The zero-order chi connectivity index (χ0) is 24.3. The van der Waals surface area contributed by atoms with Gasteiger partial charge in [0.25, 0.3) is 0 Å². The number of nitrogens with zero attached hydrogens (tertiary/aromatic N) is 2. The van der Waals surface area contributed by atoms with Crippen LogP contribution < -0.4 is 4.57 Å². The lowest BCUT2D eigenvalue weighted by Gasteiger charge is -2.15. The summed E-state index contributed by atoms with van der Waals surface area (Å²) in [6.07, 6.45) is 6.84. The molecule has 1 aliphatic rings. The van der Waals surface area contributed by atoms with Gasteiger partial charge in [-0.05, 0) is 73.9 Å². The first kappa shape index (κ1) is 22.3. The fourth-order valence-corrected chi connectivity index (χ4v) is 6.59. The van der Waals surface area contributed by atoms with Crippen LogP contribution in [0.3, 0.4) is 0 Å². The molecule has 5 aromatic rings. The van der Waals surface area contributed by atoms with E-state index in [1.807, 2.05) is 0 Å². The SMILES string of the molecule is Cc1cc2c3ccccc3n(C(C)C)c2cc1-c1c2ccc(CC3CCCC3)cc2cc(C)[n+]1C. The molecule has 0 aliphatic heterocycles. The van der Waals surface area contributed by atoms with Crippen LogP contribution in [0, 0.1) is 19.8 Å². The minimum absolute atomic E-state index is 0.397. The van der Waals surface area contributed by atoms with Crippen LogP contribution in [0.25, 0.3) is 43.8 Å². The second-order valence-corrected chi connectivity index (χ2v) is 11.1. The minimum Gasteiger partial charge on any atom is -0.338 e. The Morgan fingerprint density at radius 3 is 2.40 bits per heavy atom.